The van der Waals surface area contributed by atoms with Gasteiger partial charge in [0.15, 0.2) is 0 Å². The zero-order valence-electron chi connectivity index (χ0n) is 16.5. The van der Waals surface area contributed by atoms with Gasteiger partial charge >= 0.3 is 0 Å². The number of aliphatic hydroxyl groups excluding tert-OH is 1. The van der Waals surface area contributed by atoms with Crippen LogP contribution in [0, 0.1) is 12.8 Å². The molecule has 2 heterocycles. The second-order valence-corrected chi connectivity index (χ2v) is 7.16. The van der Waals surface area contributed by atoms with E-state index >= 15 is 0 Å². The third-order valence-corrected chi connectivity index (χ3v) is 5.66. The summed E-state index contributed by atoms with van der Waals surface area (Å²) in [4.78, 5) is 20.6. The van der Waals surface area contributed by atoms with Gasteiger partial charge in [-0.1, -0.05) is 18.2 Å². The molecular formula is C22H30N3O2. The van der Waals surface area contributed by atoms with Crippen LogP contribution >= 0.6 is 0 Å². The maximum Gasteiger partial charge on any atom is 0.230 e. The summed E-state index contributed by atoms with van der Waals surface area (Å²) >= 11 is 0. The Balaban J connectivity index is 0.000000659. The quantitative estimate of drug-likeness (QED) is 0.876. The van der Waals surface area contributed by atoms with Crippen LogP contribution in [0.5, 0.6) is 0 Å². The molecular weight excluding hydrogens is 338 g/mol. The van der Waals surface area contributed by atoms with E-state index in [1.54, 1.807) is 0 Å². The normalized spacial score (nSPS) is 21.1. The van der Waals surface area contributed by atoms with Crippen molar-refractivity contribution in [2.45, 2.75) is 26.3 Å². The molecule has 1 aliphatic carbocycles. The molecule has 5 heteroatoms. The summed E-state index contributed by atoms with van der Waals surface area (Å²) in [5.41, 5.74) is 5.21. The summed E-state index contributed by atoms with van der Waals surface area (Å²) in [6.07, 6.45) is 5.41. The van der Waals surface area contributed by atoms with Crippen LogP contribution in [0.3, 0.4) is 0 Å². The molecule has 2 aliphatic rings. The third-order valence-electron chi connectivity index (χ3n) is 5.66. The van der Waals surface area contributed by atoms with Gasteiger partial charge in [0.05, 0.1) is 5.92 Å². The first-order chi connectivity index (χ1) is 13.0. The van der Waals surface area contributed by atoms with E-state index in [2.05, 4.69) is 68.2 Å². The Morgan fingerprint density at radius 3 is 2.74 bits per heavy atom. The average Bonchev–Trinajstić information content (AvgIpc) is 3.08. The highest BCUT2D eigenvalue weighted by atomic mass is 16.2. The summed E-state index contributed by atoms with van der Waals surface area (Å²) in [6.45, 7) is 9.51. The fraction of sp³-hybridized carbons (Fsp3) is 0.455. The predicted octanol–water partition coefficient (Wildman–Crippen LogP) is 2.72. The van der Waals surface area contributed by atoms with E-state index in [0.29, 0.717) is 6.04 Å². The monoisotopic (exact) mass is 368 g/mol. The molecule has 0 spiro atoms. The molecule has 0 saturated heterocycles. The Kier molecular flexibility index (Phi) is 6.02. The predicted molar refractivity (Wildman–Crippen MR) is 110 cm³/mol. The number of carbonyl (C=O) groups is 1. The van der Waals surface area contributed by atoms with Crippen molar-refractivity contribution >= 4 is 22.4 Å². The fourth-order valence-corrected chi connectivity index (χ4v) is 4.38. The molecule has 1 amide bonds. The van der Waals surface area contributed by atoms with Crippen molar-refractivity contribution in [3.8, 4) is 0 Å². The van der Waals surface area contributed by atoms with Crippen LogP contribution in [-0.4, -0.2) is 65.1 Å². The van der Waals surface area contributed by atoms with Gasteiger partial charge in [0, 0.05) is 49.4 Å². The Hall–Kier alpha value is -2.11. The van der Waals surface area contributed by atoms with Gasteiger partial charge in [0.1, 0.15) is 0 Å². The van der Waals surface area contributed by atoms with E-state index in [0.717, 1.165) is 26.1 Å². The molecule has 27 heavy (non-hydrogen) atoms. The van der Waals surface area contributed by atoms with Crippen LogP contribution in [0.1, 0.15) is 25.0 Å². The van der Waals surface area contributed by atoms with Gasteiger partial charge in [-0.2, -0.15) is 0 Å². The van der Waals surface area contributed by atoms with E-state index in [1.807, 2.05) is 4.90 Å². The first kappa shape index (κ1) is 19.6. The molecule has 1 aromatic carbocycles. The van der Waals surface area contributed by atoms with E-state index in [1.165, 1.54) is 27.6 Å². The maximum atomic E-state index is 12.9. The Labute approximate surface area is 161 Å². The van der Waals surface area contributed by atoms with Crippen molar-refractivity contribution in [2.24, 2.45) is 5.92 Å². The first-order valence-corrected chi connectivity index (χ1v) is 9.75. The average molecular weight is 369 g/mol. The Morgan fingerprint density at radius 1 is 1.37 bits per heavy atom. The topological polar surface area (TPSA) is 59.6 Å². The van der Waals surface area contributed by atoms with Gasteiger partial charge in [-0.3, -0.25) is 9.69 Å². The van der Waals surface area contributed by atoms with Crippen LogP contribution in [0.25, 0.3) is 16.5 Å². The van der Waals surface area contributed by atoms with Crippen LogP contribution in [0.15, 0.2) is 30.5 Å². The van der Waals surface area contributed by atoms with Crippen molar-refractivity contribution in [3.63, 3.8) is 0 Å². The standard InChI is InChI=1S/C20H25N3O.C2H5O/c1-4-23(5-2)20(24)14-9-16-15-7-6-8-17-19(15)13(11-21-17)10-18(16)22(3)12-14;1-2-3/h6-9,11,14,18,21H,4-5,10,12H2,1-3H3;3H,1-2H2/t14-,18-;/m1./s1. The van der Waals surface area contributed by atoms with Gasteiger partial charge in [0.25, 0.3) is 0 Å². The minimum absolute atomic E-state index is 0. The van der Waals surface area contributed by atoms with Crippen molar-refractivity contribution in [3.05, 3.63) is 48.5 Å². The summed E-state index contributed by atoms with van der Waals surface area (Å²) in [6, 6.07) is 6.82. The largest absolute Gasteiger partial charge is 0.396 e. The molecule has 1 radical (unpaired) electrons. The summed E-state index contributed by atoms with van der Waals surface area (Å²) in [7, 11) is 2.15. The number of nitrogens with zero attached hydrogens (tertiary/aromatic N) is 2. The summed E-state index contributed by atoms with van der Waals surface area (Å²) in [5, 5.41) is 8.80. The lowest BCUT2D eigenvalue weighted by molar-refractivity contribution is -0.134. The Bertz CT molecular complexity index is 835. The molecule has 2 aromatic rings. The molecule has 2 atom stereocenters. The minimum Gasteiger partial charge on any atom is -0.396 e. The second-order valence-electron chi connectivity index (χ2n) is 7.16. The molecule has 1 aromatic heterocycles. The number of amides is 1. The number of H-pyrrole nitrogens is 1. The lowest BCUT2D eigenvalue weighted by atomic mass is 9.79. The number of hydrogen-bond donors (Lipinski definition) is 2. The van der Waals surface area contributed by atoms with E-state index in [4.69, 9.17) is 5.11 Å². The van der Waals surface area contributed by atoms with Gasteiger partial charge in [-0.05, 0) is 57.0 Å². The molecule has 4 rings (SSSR count). The fourth-order valence-electron chi connectivity index (χ4n) is 4.38. The zero-order chi connectivity index (χ0) is 19.6. The Morgan fingerprint density at radius 2 is 2.07 bits per heavy atom. The van der Waals surface area contributed by atoms with Crippen molar-refractivity contribution in [1.82, 2.24) is 14.8 Å². The number of likely N-dealkylation sites (N-methyl/N-ethyl adjacent to an activating group) is 1. The molecule has 2 N–H and O–H groups in total. The van der Waals surface area contributed by atoms with Crippen molar-refractivity contribution < 1.29 is 9.90 Å². The second kappa shape index (κ2) is 8.28. The van der Waals surface area contributed by atoms with Crippen LogP contribution in [0.2, 0.25) is 0 Å². The molecule has 5 nitrogen and oxygen atoms in total. The molecule has 145 valence electrons. The minimum atomic E-state index is -0.0445. The zero-order valence-corrected chi connectivity index (χ0v) is 16.5. The SMILES string of the molecule is CCN(CC)C(=O)[C@@H]1C=C2c3cccc4[nH]cc(c34)C[C@H]2N(C)C1.[CH2]CO. The number of hydrogen-bond acceptors (Lipinski definition) is 3. The van der Waals surface area contributed by atoms with Crippen LogP contribution in [-0.2, 0) is 11.2 Å². The number of rotatable bonds is 3. The smallest absolute Gasteiger partial charge is 0.230 e. The van der Waals surface area contributed by atoms with E-state index in [-0.39, 0.29) is 18.4 Å². The molecule has 1 aliphatic heterocycles. The molecule has 0 unspecified atom stereocenters. The number of aromatic nitrogens is 1. The number of aliphatic hydroxyl groups is 1. The van der Waals surface area contributed by atoms with Gasteiger partial charge in [0.2, 0.25) is 5.91 Å². The van der Waals surface area contributed by atoms with Crippen LogP contribution in [0.4, 0.5) is 0 Å². The lowest BCUT2D eigenvalue weighted by Crippen LogP contribution is -2.47. The highest BCUT2D eigenvalue weighted by Crippen LogP contribution is 2.40. The van der Waals surface area contributed by atoms with Gasteiger partial charge in [-0.25, -0.2) is 0 Å². The van der Waals surface area contributed by atoms with Crippen molar-refractivity contribution in [2.75, 3.05) is 33.3 Å². The van der Waals surface area contributed by atoms with Crippen molar-refractivity contribution in [1.29, 1.82) is 0 Å². The summed E-state index contributed by atoms with van der Waals surface area (Å²) in [5.74, 6) is 0.210. The first-order valence-electron chi connectivity index (χ1n) is 9.75. The number of fused-ring (bicyclic) bond motifs is 2. The van der Waals surface area contributed by atoms with Crippen LogP contribution < -0.4 is 0 Å². The molecule has 0 bridgehead atoms. The number of carbonyl (C=O) groups excluding carboxylic acids is 1. The molecule has 0 saturated carbocycles. The van der Waals surface area contributed by atoms with E-state index < -0.39 is 0 Å². The van der Waals surface area contributed by atoms with E-state index in [9.17, 15) is 4.79 Å². The highest BCUT2D eigenvalue weighted by molar-refractivity contribution is 5.99. The third kappa shape index (κ3) is 3.54. The van der Waals surface area contributed by atoms with Gasteiger partial charge in [-0.15, -0.1) is 0 Å². The number of nitrogens with one attached hydrogen (secondary N) is 1. The lowest BCUT2D eigenvalue weighted by Gasteiger charge is -2.40. The molecule has 0 fully saturated rings. The summed E-state index contributed by atoms with van der Waals surface area (Å²) < 4.78 is 0. The van der Waals surface area contributed by atoms with Gasteiger partial charge < -0.3 is 15.0 Å². The highest BCUT2D eigenvalue weighted by Gasteiger charge is 2.36. The maximum absolute atomic E-state index is 12.9. The number of aromatic amines is 1. The number of benzene rings is 1.